The molecule has 3 rings (SSSR count). The van der Waals surface area contributed by atoms with Gasteiger partial charge >= 0.3 is 11.9 Å². The van der Waals surface area contributed by atoms with Crippen molar-refractivity contribution < 1.29 is 24.2 Å². The zero-order valence-electron chi connectivity index (χ0n) is 21.6. The predicted molar refractivity (Wildman–Crippen MR) is 127 cm³/mol. The summed E-state index contributed by atoms with van der Waals surface area (Å²) in [7, 11) is 0. The van der Waals surface area contributed by atoms with E-state index in [9.17, 15) is 9.59 Å². The molecule has 32 heavy (non-hydrogen) atoms. The van der Waals surface area contributed by atoms with Crippen LogP contribution in [0.4, 0.5) is 0 Å². The molecule has 3 fully saturated rings. The van der Waals surface area contributed by atoms with Crippen molar-refractivity contribution in [2.75, 3.05) is 6.61 Å². The van der Waals surface area contributed by atoms with E-state index in [0.717, 1.165) is 38.0 Å². The molecule has 0 bridgehead atoms. The molecule has 5 nitrogen and oxygen atoms in total. The second kappa shape index (κ2) is 10.9. The summed E-state index contributed by atoms with van der Waals surface area (Å²) in [6.45, 7) is 11.5. The minimum atomic E-state index is -0.622. The molecule has 0 unspecified atom stereocenters. The number of unbranched alkanes of at least 4 members (excludes halogenated alkanes) is 2. The van der Waals surface area contributed by atoms with Gasteiger partial charge in [0, 0.05) is 6.61 Å². The molecule has 0 aromatic carbocycles. The van der Waals surface area contributed by atoms with E-state index in [1.165, 1.54) is 51.4 Å². The fourth-order valence-corrected chi connectivity index (χ4v) is 4.96. The number of ether oxygens (including phenoxy) is 2. The first-order valence-electron chi connectivity index (χ1n) is 12.9. The Hall–Kier alpha value is -1.10. The van der Waals surface area contributed by atoms with Crippen LogP contribution in [0.15, 0.2) is 0 Å². The molecule has 0 aromatic rings. The van der Waals surface area contributed by atoms with Gasteiger partial charge in [-0.15, -0.1) is 0 Å². The summed E-state index contributed by atoms with van der Waals surface area (Å²) >= 11 is 0. The number of aliphatic hydroxyl groups excluding tert-OH is 1. The van der Waals surface area contributed by atoms with Crippen LogP contribution in [-0.4, -0.2) is 34.9 Å². The first-order valence-corrected chi connectivity index (χ1v) is 12.9. The van der Waals surface area contributed by atoms with E-state index in [1.807, 2.05) is 41.5 Å². The van der Waals surface area contributed by atoms with Gasteiger partial charge in [0.2, 0.25) is 0 Å². The lowest BCUT2D eigenvalue weighted by atomic mass is 9.85. The average molecular weight is 453 g/mol. The van der Waals surface area contributed by atoms with E-state index in [-0.39, 0.29) is 11.9 Å². The standard InChI is InChI=1S/C16H26O4.C11H22O/c1-13(2,3)19-11(17)15(7-8-15)16(9-10-16)12(18)20-14(4,5)6;12-10-6-2-5-9-11-7-3-1-4-8-11/h7-10H2,1-6H3;11-12H,1-10H2. The second-order valence-electron chi connectivity index (χ2n) is 12.2. The highest BCUT2D eigenvalue weighted by Crippen LogP contribution is 2.71. The van der Waals surface area contributed by atoms with E-state index in [0.29, 0.717) is 6.61 Å². The highest BCUT2D eigenvalue weighted by atomic mass is 16.6. The van der Waals surface area contributed by atoms with Crippen LogP contribution in [0.1, 0.15) is 125 Å². The lowest BCUT2D eigenvalue weighted by molar-refractivity contribution is -0.177. The Morgan fingerprint density at radius 1 is 0.750 bits per heavy atom. The van der Waals surface area contributed by atoms with Gasteiger partial charge in [0.05, 0.1) is 10.8 Å². The van der Waals surface area contributed by atoms with Crippen LogP contribution in [-0.2, 0) is 19.1 Å². The van der Waals surface area contributed by atoms with Crippen molar-refractivity contribution in [1.82, 2.24) is 0 Å². The second-order valence-corrected chi connectivity index (χ2v) is 12.2. The van der Waals surface area contributed by atoms with Gasteiger partial charge in [0.25, 0.3) is 0 Å². The van der Waals surface area contributed by atoms with Crippen LogP contribution in [0.2, 0.25) is 0 Å². The molecule has 0 saturated heterocycles. The molecule has 3 saturated carbocycles. The molecule has 5 heteroatoms. The summed E-state index contributed by atoms with van der Waals surface area (Å²) < 4.78 is 11.0. The van der Waals surface area contributed by atoms with Crippen molar-refractivity contribution >= 4 is 11.9 Å². The lowest BCUT2D eigenvalue weighted by Gasteiger charge is -2.30. The first kappa shape index (κ1) is 27.1. The van der Waals surface area contributed by atoms with E-state index in [1.54, 1.807) is 0 Å². The highest BCUT2D eigenvalue weighted by molar-refractivity contribution is 5.93. The van der Waals surface area contributed by atoms with Crippen molar-refractivity contribution in [2.24, 2.45) is 16.7 Å². The third-order valence-corrected chi connectivity index (χ3v) is 6.99. The maximum absolute atomic E-state index is 12.5. The molecule has 3 aliphatic rings. The van der Waals surface area contributed by atoms with Crippen molar-refractivity contribution in [3.63, 3.8) is 0 Å². The van der Waals surface area contributed by atoms with Gasteiger partial charge in [0.15, 0.2) is 0 Å². The van der Waals surface area contributed by atoms with Gasteiger partial charge in [0.1, 0.15) is 11.2 Å². The maximum atomic E-state index is 12.5. The minimum absolute atomic E-state index is 0.228. The third kappa shape index (κ3) is 7.74. The maximum Gasteiger partial charge on any atom is 0.313 e. The van der Waals surface area contributed by atoms with Crippen molar-refractivity contribution in [3.05, 3.63) is 0 Å². The van der Waals surface area contributed by atoms with Crippen LogP contribution in [0.3, 0.4) is 0 Å². The number of carbonyl (C=O) groups is 2. The Labute approximate surface area is 196 Å². The van der Waals surface area contributed by atoms with Crippen molar-refractivity contribution in [3.8, 4) is 0 Å². The van der Waals surface area contributed by atoms with E-state index >= 15 is 0 Å². The smallest absolute Gasteiger partial charge is 0.313 e. The highest BCUT2D eigenvalue weighted by Gasteiger charge is 2.75. The number of carbonyl (C=O) groups excluding carboxylic acids is 2. The zero-order chi connectivity index (χ0) is 24.0. The summed E-state index contributed by atoms with van der Waals surface area (Å²) in [5, 5.41) is 8.60. The minimum Gasteiger partial charge on any atom is -0.460 e. The molecule has 0 heterocycles. The predicted octanol–water partition coefficient (Wildman–Crippen LogP) is 6.35. The van der Waals surface area contributed by atoms with Crippen molar-refractivity contribution in [1.29, 1.82) is 0 Å². The van der Waals surface area contributed by atoms with Crippen LogP contribution >= 0.6 is 0 Å². The number of esters is 2. The molecular formula is C27H48O5. The van der Waals surface area contributed by atoms with Crippen LogP contribution in [0.25, 0.3) is 0 Å². The Balaban J connectivity index is 0.000000258. The summed E-state index contributed by atoms with van der Waals surface area (Å²) in [5.74, 6) is 0.569. The molecule has 1 N–H and O–H groups in total. The number of hydrogen-bond donors (Lipinski definition) is 1. The first-order chi connectivity index (χ1) is 14.9. The van der Waals surface area contributed by atoms with Gasteiger partial charge in [-0.05, 0) is 79.6 Å². The molecule has 0 radical (unpaired) electrons. The fraction of sp³-hybridized carbons (Fsp3) is 0.926. The zero-order valence-corrected chi connectivity index (χ0v) is 21.6. The summed E-state index contributed by atoms with van der Waals surface area (Å²) in [6, 6.07) is 0. The molecule has 0 aliphatic heterocycles. The van der Waals surface area contributed by atoms with Gasteiger partial charge in [-0.2, -0.15) is 0 Å². The SMILES string of the molecule is CC(C)(C)OC(=O)C1(C2(C(=O)OC(C)(C)C)CC2)CC1.OCCCCCC1CCCCC1. The number of hydrogen-bond acceptors (Lipinski definition) is 5. The Kier molecular flexibility index (Phi) is 9.23. The number of rotatable bonds is 8. The topological polar surface area (TPSA) is 72.8 Å². The molecule has 3 aliphatic carbocycles. The van der Waals surface area contributed by atoms with E-state index < -0.39 is 22.0 Å². The summed E-state index contributed by atoms with van der Waals surface area (Å²) in [6.07, 6.45) is 15.3. The van der Waals surface area contributed by atoms with Gasteiger partial charge in [-0.25, -0.2) is 0 Å². The number of aliphatic hydroxyl groups is 1. The monoisotopic (exact) mass is 452 g/mol. The molecule has 186 valence electrons. The average Bonchev–Trinajstić information content (AvgIpc) is 3.57. The molecule has 0 spiro atoms. The molecule has 0 amide bonds. The van der Waals surface area contributed by atoms with Gasteiger partial charge in [-0.1, -0.05) is 51.4 Å². The van der Waals surface area contributed by atoms with Crippen LogP contribution < -0.4 is 0 Å². The largest absolute Gasteiger partial charge is 0.460 e. The third-order valence-electron chi connectivity index (χ3n) is 6.99. The molecule has 0 atom stereocenters. The van der Waals surface area contributed by atoms with E-state index in [2.05, 4.69) is 0 Å². The van der Waals surface area contributed by atoms with Crippen LogP contribution in [0, 0.1) is 16.7 Å². The van der Waals surface area contributed by atoms with Gasteiger partial charge < -0.3 is 14.6 Å². The fourth-order valence-electron chi connectivity index (χ4n) is 4.96. The van der Waals surface area contributed by atoms with Crippen LogP contribution in [0.5, 0.6) is 0 Å². The Bertz CT molecular complexity index is 569. The van der Waals surface area contributed by atoms with Crippen molar-refractivity contribution in [2.45, 2.75) is 136 Å². The van der Waals surface area contributed by atoms with E-state index in [4.69, 9.17) is 14.6 Å². The Morgan fingerprint density at radius 3 is 1.53 bits per heavy atom. The molecule has 0 aromatic heterocycles. The Morgan fingerprint density at radius 2 is 1.19 bits per heavy atom. The normalized spacial score (nSPS) is 21.7. The molecular weight excluding hydrogens is 404 g/mol. The lowest BCUT2D eigenvalue weighted by Crippen LogP contribution is -2.41. The summed E-state index contributed by atoms with van der Waals surface area (Å²) in [4.78, 5) is 24.9. The quantitative estimate of drug-likeness (QED) is 0.343. The summed E-state index contributed by atoms with van der Waals surface area (Å²) in [5.41, 5.74) is -2.28. The van der Waals surface area contributed by atoms with Gasteiger partial charge in [-0.3, -0.25) is 9.59 Å².